The van der Waals surface area contributed by atoms with Crippen LogP contribution >= 0.6 is 0 Å². The van der Waals surface area contributed by atoms with Gasteiger partial charge in [0.2, 0.25) is 0 Å². The molecule has 0 bridgehead atoms. The zero-order valence-electron chi connectivity index (χ0n) is 10.9. The Morgan fingerprint density at radius 2 is 1.35 bits per heavy atom. The fraction of sp³-hybridized carbons (Fsp3) is 0.600. The molecule has 1 heterocycles. The van der Waals surface area contributed by atoms with E-state index in [1.807, 2.05) is 24.3 Å². The normalized spacial score (nSPS) is 16.1. The van der Waals surface area contributed by atoms with Gasteiger partial charge < -0.3 is 9.47 Å². The monoisotopic (exact) mass is 234 g/mol. The minimum absolute atomic E-state index is 0.393. The number of ether oxygens (including phenoxy) is 2. The summed E-state index contributed by atoms with van der Waals surface area (Å²) in [7, 11) is 0. The Kier molecular flexibility index (Phi) is 3.93. The second-order valence-corrected chi connectivity index (χ2v) is 4.77. The summed E-state index contributed by atoms with van der Waals surface area (Å²) in [5, 5.41) is 0. The van der Waals surface area contributed by atoms with Crippen LogP contribution in [0.4, 0.5) is 0 Å². The molecule has 2 rings (SSSR count). The number of unbranched alkanes of at least 4 members (excludes halogenated alkanes) is 2. The molecule has 0 fully saturated rings. The third kappa shape index (κ3) is 2.74. The molecule has 0 amide bonds. The summed E-state index contributed by atoms with van der Waals surface area (Å²) in [4.78, 5) is 0. The molecular formula is C15H22O2. The molecule has 0 saturated heterocycles. The SMILES string of the molecule is CCCCC1(CCCC)Oc2ccccc2O1. The predicted octanol–water partition coefficient (Wildman–Crippen LogP) is 4.53. The van der Waals surface area contributed by atoms with Crippen molar-refractivity contribution in [1.29, 1.82) is 0 Å². The maximum absolute atomic E-state index is 6.08. The molecule has 0 unspecified atom stereocenters. The van der Waals surface area contributed by atoms with E-state index in [9.17, 15) is 0 Å². The summed E-state index contributed by atoms with van der Waals surface area (Å²) >= 11 is 0. The molecule has 0 radical (unpaired) electrons. The van der Waals surface area contributed by atoms with E-state index in [0.717, 1.165) is 37.2 Å². The van der Waals surface area contributed by atoms with Gasteiger partial charge in [0.1, 0.15) is 0 Å². The van der Waals surface area contributed by atoms with Crippen molar-refractivity contribution in [3.8, 4) is 11.5 Å². The molecule has 2 heteroatoms. The van der Waals surface area contributed by atoms with Crippen molar-refractivity contribution in [3.05, 3.63) is 24.3 Å². The molecule has 0 atom stereocenters. The third-order valence-corrected chi connectivity index (χ3v) is 3.26. The Labute approximate surface area is 104 Å². The van der Waals surface area contributed by atoms with Crippen molar-refractivity contribution in [3.63, 3.8) is 0 Å². The van der Waals surface area contributed by atoms with Gasteiger partial charge >= 0.3 is 0 Å². The molecule has 1 aliphatic rings. The molecule has 0 aromatic heterocycles. The molecule has 1 aliphatic heterocycles. The molecular weight excluding hydrogens is 212 g/mol. The molecule has 0 spiro atoms. The van der Waals surface area contributed by atoms with Gasteiger partial charge in [-0.1, -0.05) is 38.8 Å². The van der Waals surface area contributed by atoms with Gasteiger partial charge in [0.25, 0.3) is 5.79 Å². The molecule has 1 aromatic rings. The summed E-state index contributed by atoms with van der Waals surface area (Å²) in [6, 6.07) is 7.99. The minimum Gasteiger partial charge on any atom is -0.448 e. The fourth-order valence-corrected chi connectivity index (χ4v) is 2.26. The quantitative estimate of drug-likeness (QED) is 0.719. The number of benzene rings is 1. The maximum Gasteiger partial charge on any atom is 0.251 e. The molecule has 17 heavy (non-hydrogen) atoms. The van der Waals surface area contributed by atoms with Crippen LogP contribution in [0, 0.1) is 0 Å². The van der Waals surface area contributed by atoms with Gasteiger partial charge in [-0.2, -0.15) is 0 Å². The molecule has 1 aromatic carbocycles. The lowest BCUT2D eigenvalue weighted by Crippen LogP contribution is -2.38. The number of para-hydroxylation sites is 2. The van der Waals surface area contributed by atoms with Crippen molar-refractivity contribution in [2.75, 3.05) is 0 Å². The van der Waals surface area contributed by atoms with Crippen LogP contribution in [0.2, 0.25) is 0 Å². The lowest BCUT2D eigenvalue weighted by molar-refractivity contribution is -0.0944. The maximum atomic E-state index is 6.08. The van der Waals surface area contributed by atoms with Gasteiger partial charge in [-0.15, -0.1) is 0 Å². The summed E-state index contributed by atoms with van der Waals surface area (Å²) in [6.07, 6.45) is 6.62. The minimum atomic E-state index is -0.393. The highest BCUT2D eigenvalue weighted by atomic mass is 16.7. The Bertz CT molecular complexity index is 325. The van der Waals surface area contributed by atoms with Crippen LogP contribution in [0.3, 0.4) is 0 Å². The molecule has 0 N–H and O–H groups in total. The van der Waals surface area contributed by atoms with Gasteiger partial charge in [0, 0.05) is 12.8 Å². The van der Waals surface area contributed by atoms with E-state index in [4.69, 9.17) is 9.47 Å². The van der Waals surface area contributed by atoms with E-state index in [1.54, 1.807) is 0 Å². The molecule has 0 aliphatic carbocycles. The van der Waals surface area contributed by atoms with Gasteiger partial charge in [-0.25, -0.2) is 0 Å². The zero-order valence-corrected chi connectivity index (χ0v) is 10.9. The summed E-state index contributed by atoms with van der Waals surface area (Å²) in [6.45, 7) is 4.41. The number of fused-ring (bicyclic) bond motifs is 1. The lowest BCUT2D eigenvalue weighted by Gasteiger charge is -2.27. The van der Waals surface area contributed by atoms with E-state index < -0.39 is 5.79 Å². The number of hydrogen-bond donors (Lipinski definition) is 0. The van der Waals surface area contributed by atoms with Gasteiger partial charge in [0.05, 0.1) is 0 Å². The van der Waals surface area contributed by atoms with Crippen LogP contribution in [-0.4, -0.2) is 5.79 Å². The Morgan fingerprint density at radius 3 is 1.76 bits per heavy atom. The van der Waals surface area contributed by atoms with Crippen molar-refractivity contribution >= 4 is 0 Å². The van der Waals surface area contributed by atoms with E-state index in [0.29, 0.717) is 0 Å². The Balaban J connectivity index is 2.09. The van der Waals surface area contributed by atoms with Crippen molar-refractivity contribution in [1.82, 2.24) is 0 Å². The third-order valence-electron chi connectivity index (χ3n) is 3.26. The molecule has 0 saturated carbocycles. The van der Waals surface area contributed by atoms with Crippen molar-refractivity contribution in [2.24, 2.45) is 0 Å². The van der Waals surface area contributed by atoms with E-state index in [-0.39, 0.29) is 0 Å². The highest BCUT2D eigenvalue weighted by Crippen LogP contribution is 2.43. The Hall–Kier alpha value is -1.18. The van der Waals surface area contributed by atoms with Crippen molar-refractivity contribution in [2.45, 2.75) is 58.2 Å². The molecule has 94 valence electrons. The fourth-order valence-electron chi connectivity index (χ4n) is 2.26. The first-order valence-corrected chi connectivity index (χ1v) is 6.77. The summed E-state index contributed by atoms with van der Waals surface area (Å²) in [5.74, 6) is 1.41. The largest absolute Gasteiger partial charge is 0.448 e. The van der Waals surface area contributed by atoms with Gasteiger partial charge in [-0.05, 0) is 25.0 Å². The summed E-state index contributed by atoms with van der Waals surface area (Å²) in [5.41, 5.74) is 0. The highest BCUT2D eigenvalue weighted by molar-refractivity contribution is 5.42. The lowest BCUT2D eigenvalue weighted by atomic mass is 10.0. The topological polar surface area (TPSA) is 18.5 Å². The van der Waals surface area contributed by atoms with Crippen molar-refractivity contribution < 1.29 is 9.47 Å². The van der Waals surface area contributed by atoms with Gasteiger partial charge in [0.15, 0.2) is 11.5 Å². The zero-order chi connectivity index (χ0) is 12.1. The van der Waals surface area contributed by atoms with Crippen LogP contribution in [0.5, 0.6) is 11.5 Å². The average molecular weight is 234 g/mol. The van der Waals surface area contributed by atoms with Crippen LogP contribution in [0.1, 0.15) is 52.4 Å². The smallest absolute Gasteiger partial charge is 0.251 e. The Morgan fingerprint density at radius 1 is 0.882 bits per heavy atom. The first-order valence-electron chi connectivity index (χ1n) is 6.77. The molecule has 2 nitrogen and oxygen atoms in total. The first kappa shape index (κ1) is 12.3. The second kappa shape index (κ2) is 5.44. The average Bonchev–Trinajstić information content (AvgIpc) is 2.73. The van der Waals surface area contributed by atoms with Crippen LogP contribution in [0.25, 0.3) is 0 Å². The van der Waals surface area contributed by atoms with E-state index in [1.165, 1.54) is 12.8 Å². The predicted molar refractivity (Wildman–Crippen MR) is 69.5 cm³/mol. The van der Waals surface area contributed by atoms with Gasteiger partial charge in [-0.3, -0.25) is 0 Å². The highest BCUT2D eigenvalue weighted by Gasteiger charge is 2.39. The number of hydrogen-bond acceptors (Lipinski definition) is 2. The van der Waals surface area contributed by atoms with Crippen LogP contribution in [-0.2, 0) is 0 Å². The van der Waals surface area contributed by atoms with Crippen LogP contribution < -0.4 is 9.47 Å². The summed E-state index contributed by atoms with van der Waals surface area (Å²) < 4.78 is 12.2. The van der Waals surface area contributed by atoms with E-state index in [2.05, 4.69) is 13.8 Å². The second-order valence-electron chi connectivity index (χ2n) is 4.77. The standard InChI is InChI=1S/C15H22O2/c1-3-5-11-15(12-6-4-2)16-13-9-7-8-10-14(13)17-15/h7-10H,3-6,11-12H2,1-2H3. The van der Waals surface area contributed by atoms with E-state index >= 15 is 0 Å². The number of rotatable bonds is 6. The van der Waals surface area contributed by atoms with Crippen LogP contribution in [0.15, 0.2) is 24.3 Å². The first-order chi connectivity index (χ1) is 8.29.